The maximum atomic E-state index is 12.1. The summed E-state index contributed by atoms with van der Waals surface area (Å²) in [5.41, 5.74) is -1.32. The minimum Gasteiger partial charge on any atom is -0.480 e. The standard InChI is InChI=1S/C12H15NO6S2/c1-21(17,18)9-3-2-8(19-9)10(14)13-12(11(15)16)4-6-20-7-5-12/h2-3H,4-7H2,1H3,(H,13,14)(H,15,16). The van der Waals surface area contributed by atoms with Crippen LogP contribution in [-0.4, -0.2) is 48.7 Å². The Labute approximate surface area is 126 Å². The quantitative estimate of drug-likeness (QED) is 0.836. The van der Waals surface area contributed by atoms with Gasteiger partial charge in [0.1, 0.15) is 5.54 Å². The highest BCUT2D eigenvalue weighted by Gasteiger charge is 2.42. The summed E-state index contributed by atoms with van der Waals surface area (Å²) in [6.45, 7) is 0. The number of carbonyl (C=O) groups excluding carboxylic acids is 1. The highest BCUT2D eigenvalue weighted by molar-refractivity contribution is 7.99. The topological polar surface area (TPSA) is 114 Å². The van der Waals surface area contributed by atoms with Crippen LogP contribution in [0.3, 0.4) is 0 Å². The fourth-order valence-corrected chi connectivity index (χ4v) is 3.78. The van der Waals surface area contributed by atoms with Crippen LogP contribution in [0.1, 0.15) is 23.4 Å². The monoisotopic (exact) mass is 333 g/mol. The molecular weight excluding hydrogens is 318 g/mol. The molecule has 0 radical (unpaired) electrons. The van der Waals surface area contributed by atoms with Gasteiger partial charge in [0.25, 0.3) is 5.91 Å². The first kappa shape index (κ1) is 15.9. The summed E-state index contributed by atoms with van der Waals surface area (Å²) in [6.07, 6.45) is 1.60. The minimum atomic E-state index is -3.55. The van der Waals surface area contributed by atoms with Gasteiger partial charge in [0.2, 0.25) is 14.9 Å². The van der Waals surface area contributed by atoms with Gasteiger partial charge in [-0.05, 0) is 36.5 Å². The van der Waals surface area contributed by atoms with E-state index >= 15 is 0 Å². The molecule has 2 rings (SSSR count). The van der Waals surface area contributed by atoms with E-state index in [1.54, 1.807) is 11.8 Å². The lowest BCUT2D eigenvalue weighted by Crippen LogP contribution is -2.56. The molecule has 0 aromatic carbocycles. The molecule has 1 aliphatic heterocycles. The second kappa shape index (κ2) is 5.72. The van der Waals surface area contributed by atoms with Crippen molar-refractivity contribution in [1.29, 1.82) is 0 Å². The van der Waals surface area contributed by atoms with Gasteiger partial charge in [0.05, 0.1) is 0 Å². The number of hydrogen-bond acceptors (Lipinski definition) is 6. The number of hydrogen-bond donors (Lipinski definition) is 2. The van der Waals surface area contributed by atoms with E-state index in [1.165, 1.54) is 12.1 Å². The van der Waals surface area contributed by atoms with E-state index < -0.39 is 27.3 Å². The predicted molar refractivity (Wildman–Crippen MR) is 76.2 cm³/mol. The molecule has 116 valence electrons. The number of carboxylic acid groups (broad SMARTS) is 1. The van der Waals surface area contributed by atoms with Crippen LogP contribution < -0.4 is 5.32 Å². The van der Waals surface area contributed by atoms with Gasteiger partial charge in [-0.1, -0.05) is 0 Å². The molecule has 9 heteroatoms. The lowest BCUT2D eigenvalue weighted by molar-refractivity contribution is -0.144. The summed E-state index contributed by atoms with van der Waals surface area (Å²) in [6, 6.07) is 2.40. The molecule has 0 unspecified atom stereocenters. The number of sulfone groups is 1. The number of aliphatic carboxylic acids is 1. The Morgan fingerprint density at radius 3 is 2.43 bits per heavy atom. The summed E-state index contributed by atoms with van der Waals surface area (Å²) in [5.74, 6) is -0.752. The number of furan rings is 1. The highest BCUT2D eigenvalue weighted by Crippen LogP contribution is 2.28. The van der Waals surface area contributed by atoms with Crippen LogP contribution in [0.2, 0.25) is 0 Å². The summed E-state index contributed by atoms with van der Waals surface area (Å²) in [5, 5.41) is 11.5. The van der Waals surface area contributed by atoms with Crippen LogP contribution in [0.25, 0.3) is 0 Å². The number of nitrogens with one attached hydrogen (secondary N) is 1. The van der Waals surface area contributed by atoms with Crippen LogP contribution in [0, 0.1) is 0 Å². The number of amides is 1. The molecular formula is C12H15NO6S2. The molecule has 0 aliphatic carbocycles. The van der Waals surface area contributed by atoms with Gasteiger partial charge >= 0.3 is 5.97 Å². The van der Waals surface area contributed by atoms with Crippen LogP contribution >= 0.6 is 11.8 Å². The van der Waals surface area contributed by atoms with E-state index in [1.807, 2.05) is 0 Å². The lowest BCUT2D eigenvalue weighted by atomic mass is 9.92. The van der Waals surface area contributed by atoms with Gasteiger partial charge in [-0.15, -0.1) is 0 Å². The molecule has 1 saturated heterocycles. The Morgan fingerprint density at radius 2 is 1.95 bits per heavy atom. The van der Waals surface area contributed by atoms with Crippen molar-refractivity contribution < 1.29 is 27.5 Å². The van der Waals surface area contributed by atoms with Gasteiger partial charge in [-0.3, -0.25) is 4.79 Å². The molecule has 1 aliphatic rings. The maximum Gasteiger partial charge on any atom is 0.329 e. The molecule has 1 amide bonds. The Bertz CT molecular complexity index is 657. The fourth-order valence-electron chi connectivity index (χ4n) is 2.03. The summed E-state index contributed by atoms with van der Waals surface area (Å²) < 4.78 is 27.6. The third kappa shape index (κ3) is 3.41. The number of rotatable bonds is 4. The largest absolute Gasteiger partial charge is 0.480 e. The zero-order chi connectivity index (χ0) is 15.7. The first-order chi connectivity index (χ1) is 9.74. The first-order valence-electron chi connectivity index (χ1n) is 6.18. The molecule has 0 spiro atoms. The van der Waals surface area contributed by atoms with Crippen LogP contribution in [-0.2, 0) is 14.6 Å². The second-order valence-corrected chi connectivity index (χ2v) is 8.02. The smallest absolute Gasteiger partial charge is 0.329 e. The van der Waals surface area contributed by atoms with Crippen LogP contribution in [0.4, 0.5) is 0 Å². The molecule has 1 aromatic heterocycles. The number of carbonyl (C=O) groups is 2. The van der Waals surface area contributed by atoms with E-state index in [4.69, 9.17) is 4.42 Å². The van der Waals surface area contributed by atoms with E-state index in [2.05, 4.69) is 5.32 Å². The molecule has 2 N–H and O–H groups in total. The Morgan fingerprint density at radius 1 is 1.33 bits per heavy atom. The third-order valence-corrected chi connectivity index (χ3v) is 5.22. The first-order valence-corrected chi connectivity index (χ1v) is 9.23. The van der Waals surface area contributed by atoms with Crippen molar-refractivity contribution in [2.75, 3.05) is 17.8 Å². The Kier molecular flexibility index (Phi) is 4.33. The Balaban J connectivity index is 2.20. The van der Waals surface area contributed by atoms with E-state index in [0.29, 0.717) is 24.3 Å². The molecule has 0 atom stereocenters. The van der Waals surface area contributed by atoms with Crippen molar-refractivity contribution >= 4 is 33.5 Å². The molecule has 1 aromatic rings. The van der Waals surface area contributed by atoms with Crippen LogP contribution in [0.5, 0.6) is 0 Å². The molecule has 1 fully saturated rings. The van der Waals surface area contributed by atoms with E-state index in [-0.39, 0.29) is 10.9 Å². The molecule has 0 bridgehead atoms. The van der Waals surface area contributed by atoms with E-state index in [9.17, 15) is 23.1 Å². The fraction of sp³-hybridized carbons (Fsp3) is 0.500. The predicted octanol–water partition coefficient (Wildman–Crippen LogP) is 0.763. The summed E-state index contributed by atoms with van der Waals surface area (Å²) >= 11 is 1.63. The van der Waals surface area contributed by atoms with Gasteiger partial charge in [-0.2, -0.15) is 11.8 Å². The van der Waals surface area contributed by atoms with Crippen molar-refractivity contribution in [2.45, 2.75) is 23.5 Å². The number of thioether (sulfide) groups is 1. The van der Waals surface area contributed by atoms with Crippen molar-refractivity contribution in [3.05, 3.63) is 17.9 Å². The molecule has 7 nitrogen and oxygen atoms in total. The van der Waals surface area contributed by atoms with Gasteiger partial charge in [0, 0.05) is 6.26 Å². The van der Waals surface area contributed by atoms with Crippen molar-refractivity contribution in [2.24, 2.45) is 0 Å². The van der Waals surface area contributed by atoms with Crippen molar-refractivity contribution in [3.63, 3.8) is 0 Å². The SMILES string of the molecule is CS(=O)(=O)c1ccc(C(=O)NC2(C(=O)O)CCSCC2)o1. The average Bonchev–Trinajstić information content (AvgIpc) is 2.89. The highest BCUT2D eigenvalue weighted by atomic mass is 32.2. The van der Waals surface area contributed by atoms with Gasteiger partial charge < -0.3 is 14.8 Å². The van der Waals surface area contributed by atoms with Crippen molar-refractivity contribution in [1.82, 2.24) is 5.32 Å². The van der Waals surface area contributed by atoms with Crippen LogP contribution in [0.15, 0.2) is 21.6 Å². The summed E-state index contributed by atoms with van der Waals surface area (Å²) in [7, 11) is -3.55. The third-order valence-electron chi connectivity index (χ3n) is 3.28. The Hall–Kier alpha value is -1.48. The average molecular weight is 333 g/mol. The molecule has 21 heavy (non-hydrogen) atoms. The molecule has 0 saturated carbocycles. The normalized spacial score (nSPS) is 18.1. The minimum absolute atomic E-state index is 0.214. The zero-order valence-corrected chi connectivity index (χ0v) is 12.9. The van der Waals surface area contributed by atoms with E-state index in [0.717, 1.165) is 6.26 Å². The number of carboxylic acids is 1. The zero-order valence-electron chi connectivity index (χ0n) is 11.3. The van der Waals surface area contributed by atoms with Crippen molar-refractivity contribution in [3.8, 4) is 0 Å². The second-order valence-electron chi connectivity index (χ2n) is 4.84. The molecule has 2 heterocycles. The summed E-state index contributed by atoms with van der Waals surface area (Å²) in [4.78, 5) is 23.6. The van der Waals surface area contributed by atoms with Gasteiger partial charge in [-0.25, -0.2) is 13.2 Å². The lowest BCUT2D eigenvalue weighted by Gasteiger charge is -2.33. The maximum absolute atomic E-state index is 12.1. The van der Waals surface area contributed by atoms with Gasteiger partial charge in [0.15, 0.2) is 5.76 Å².